The molecule has 0 unspecified atom stereocenters. The molecule has 1 amide bonds. The number of hydrogen-bond donors (Lipinski definition) is 1. The first kappa shape index (κ1) is 19.1. The van der Waals surface area contributed by atoms with E-state index < -0.39 is 5.54 Å². The molecule has 0 saturated heterocycles. The first-order chi connectivity index (χ1) is 13.0. The minimum absolute atomic E-state index is 0.139. The molecule has 1 N–H and O–H groups in total. The zero-order valence-electron chi connectivity index (χ0n) is 16.0. The zero-order valence-corrected chi connectivity index (χ0v) is 16.0. The molecule has 1 saturated carbocycles. The van der Waals surface area contributed by atoms with Crippen molar-refractivity contribution < 1.29 is 14.3 Å². The van der Waals surface area contributed by atoms with Crippen LogP contribution in [0.1, 0.15) is 50.3 Å². The lowest BCUT2D eigenvalue weighted by Crippen LogP contribution is -2.56. The zero-order chi connectivity index (χ0) is 19.3. The average molecular weight is 369 g/mol. The van der Waals surface area contributed by atoms with E-state index in [1.165, 1.54) is 0 Å². The molecule has 1 aromatic carbocycles. The number of ether oxygens (including phenoxy) is 1. The van der Waals surface area contributed by atoms with Gasteiger partial charge in [-0.3, -0.25) is 4.79 Å². The SMILES string of the molecule is CCOC(=O)C1(NC(=O)Cc2ccn(-c3cccc(C)c3)n2)CCCCC1. The fraction of sp³-hybridized carbons (Fsp3) is 0.476. The highest BCUT2D eigenvalue weighted by Crippen LogP contribution is 2.29. The van der Waals surface area contributed by atoms with Gasteiger partial charge < -0.3 is 10.1 Å². The second-order valence-electron chi connectivity index (χ2n) is 7.18. The third-order valence-electron chi connectivity index (χ3n) is 5.00. The van der Waals surface area contributed by atoms with Crippen LogP contribution in [0.5, 0.6) is 0 Å². The van der Waals surface area contributed by atoms with Crippen molar-refractivity contribution in [1.29, 1.82) is 0 Å². The predicted octanol–water partition coefficient (Wildman–Crippen LogP) is 3.11. The van der Waals surface area contributed by atoms with Gasteiger partial charge in [-0.15, -0.1) is 0 Å². The standard InChI is InChI=1S/C21H27N3O3/c1-3-27-20(26)21(11-5-4-6-12-21)22-19(25)15-17-10-13-24(23-17)18-9-7-8-16(2)14-18/h7-10,13-14H,3-6,11-12,15H2,1-2H3,(H,22,25). The summed E-state index contributed by atoms with van der Waals surface area (Å²) >= 11 is 0. The van der Waals surface area contributed by atoms with Crippen LogP contribution >= 0.6 is 0 Å². The van der Waals surface area contributed by atoms with Crippen LogP contribution in [-0.4, -0.2) is 33.8 Å². The fourth-order valence-corrected chi connectivity index (χ4v) is 3.65. The van der Waals surface area contributed by atoms with Crippen LogP contribution in [0.25, 0.3) is 5.69 Å². The van der Waals surface area contributed by atoms with Crippen molar-refractivity contribution >= 4 is 11.9 Å². The predicted molar refractivity (Wildman–Crippen MR) is 103 cm³/mol. The molecule has 6 heteroatoms. The Morgan fingerprint density at radius 1 is 1.22 bits per heavy atom. The van der Waals surface area contributed by atoms with Crippen molar-refractivity contribution in [3.63, 3.8) is 0 Å². The summed E-state index contributed by atoms with van der Waals surface area (Å²) in [4.78, 5) is 25.1. The normalized spacial score (nSPS) is 15.9. The molecule has 1 fully saturated rings. The molecule has 0 spiro atoms. The van der Waals surface area contributed by atoms with E-state index in [-0.39, 0.29) is 18.3 Å². The molecule has 1 aromatic heterocycles. The van der Waals surface area contributed by atoms with Gasteiger partial charge in [0, 0.05) is 6.20 Å². The fourth-order valence-electron chi connectivity index (χ4n) is 3.65. The van der Waals surface area contributed by atoms with E-state index in [0.717, 1.165) is 30.5 Å². The molecule has 27 heavy (non-hydrogen) atoms. The highest BCUT2D eigenvalue weighted by Gasteiger charge is 2.42. The molecule has 3 rings (SSSR count). The first-order valence-electron chi connectivity index (χ1n) is 9.62. The topological polar surface area (TPSA) is 73.2 Å². The van der Waals surface area contributed by atoms with Crippen molar-refractivity contribution in [3.8, 4) is 5.69 Å². The van der Waals surface area contributed by atoms with Crippen molar-refractivity contribution in [2.45, 2.75) is 57.9 Å². The third-order valence-corrected chi connectivity index (χ3v) is 5.00. The molecular formula is C21H27N3O3. The minimum Gasteiger partial charge on any atom is -0.464 e. The number of hydrogen-bond acceptors (Lipinski definition) is 4. The van der Waals surface area contributed by atoms with Crippen molar-refractivity contribution in [1.82, 2.24) is 15.1 Å². The largest absolute Gasteiger partial charge is 0.464 e. The van der Waals surface area contributed by atoms with Crippen LogP contribution in [0.15, 0.2) is 36.5 Å². The molecule has 6 nitrogen and oxygen atoms in total. The molecule has 1 aliphatic carbocycles. The highest BCUT2D eigenvalue weighted by atomic mass is 16.5. The number of esters is 1. The summed E-state index contributed by atoms with van der Waals surface area (Å²) in [5.41, 5.74) is 1.89. The van der Waals surface area contributed by atoms with Gasteiger partial charge in [0.25, 0.3) is 0 Å². The average Bonchev–Trinajstić information content (AvgIpc) is 3.11. The number of aryl methyl sites for hydroxylation is 1. The van der Waals surface area contributed by atoms with Crippen LogP contribution in [-0.2, 0) is 20.7 Å². The quantitative estimate of drug-likeness (QED) is 0.794. The summed E-state index contributed by atoms with van der Waals surface area (Å²) in [5.74, 6) is -0.511. The molecule has 0 atom stereocenters. The summed E-state index contributed by atoms with van der Waals surface area (Å²) in [6.07, 6.45) is 6.17. The Labute approximate surface area is 159 Å². The lowest BCUT2D eigenvalue weighted by molar-refractivity contribution is -0.155. The second kappa shape index (κ2) is 8.37. The van der Waals surface area contributed by atoms with E-state index in [9.17, 15) is 9.59 Å². The summed E-state index contributed by atoms with van der Waals surface area (Å²) < 4.78 is 7.00. The van der Waals surface area contributed by atoms with Crippen LogP contribution in [0.4, 0.5) is 0 Å². The number of carbonyl (C=O) groups excluding carboxylic acids is 2. The number of amides is 1. The number of nitrogens with one attached hydrogen (secondary N) is 1. The van der Waals surface area contributed by atoms with Gasteiger partial charge in [-0.1, -0.05) is 31.4 Å². The number of rotatable bonds is 6. The molecule has 0 bridgehead atoms. The van der Waals surface area contributed by atoms with Gasteiger partial charge in [-0.25, -0.2) is 9.48 Å². The van der Waals surface area contributed by atoms with Crippen molar-refractivity contribution in [3.05, 3.63) is 47.8 Å². The van der Waals surface area contributed by atoms with E-state index >= 15 is 0 Å². The van der Waals surface area contributed by atoms with E-state index in [1.807, 2.05) is 43.5 Å². The molecule has 0 radical (unpaired) electrons. The van der Waals surface area contributed by atoms with E-state index in [4.69, 9.17) is 4.74 Å². The lowest BCUT2D eigenvalue weighted by Gasteiger charge is -2.35. The maximum atomic E-state index is 12.6. The van der Waals surface area contributed by atoms with Gasteiger partial charge in [0.1, 0.15) is 5.54 Å². The smallest absolute Gasteiger partial charge is 0.331 e. The lowest BCUT2D eigenvalue weighted by atomic mass is 9.81. The molecule has 0 aliphatic heterocycles. The molecular weight excluding hydrogens is 342 g/mol. The maximum Gasteiger partial charge on any atom is 0.331 e. The summed E-state index contributed by atoms with van der Waals surface area (Å²) in [6, 6.07) is 9.85. The summed E-state index contributed by atoms with van der Waals surface area (Å²) in [5, 5.41) is 7.46. The Morgan fingerprint density at radius 3 is 2.70 bits per heavy atom. The van der Waals surface area contributed by atoms with E-state index in [0.29, 0.717) is 25.1 Å². The van der Waals surface area contributed by atoms with Crippen LogP contribution < -0.4 is 5.32 Å². The van der Waals surface area contributed by atoms with Crippen molar-refractivity contribution in [2.24, 2.45) is 0 Å². The Hall–Kier alpha value is -2.63. The summed E-state index contributed by atoms with van der Waals surface area (Å²) in [7, 11) is 0. The Bertz CT molecular complexity index is 807. The maximum absolute atomic E-state index is 12.6. The number of nitrogens with zero attached hydrogens (tertiary/aromatic N) is 2. The van der Waals surface area contributed by atoms with E-state index in [2.05, 4.69) is 10.4 Å². The molecule has 1 aliphatic rings. The summed E-state index contributed by atoms with van der Waals surface area (Å²) in [6.45, 7) is 4.13. The Morgan fingerprint density at radius 2 is 2.00 bits per heavy atom. The van der Waals surface area contributed by atoms with Gasteiger partial charge in [0.05, 0.1) is 24.4 Å². The monoisotopic (exact) mass is 369 g/mol. The molecule has 1 heterocycles. The van der Waals surface area contributed by atoms with Crippen LogP contribution in [0.3, 0.4) is 0 Å². The number of benzene rings is 1. The number of aromatic nitrogens is 2. The van der Waals surface area contributed by atoms with Gasteiger partial charge in [0.2, 0.25) is 5.91 Å². The van der Waals surface area contributed by atoms with Crippen molar-refractivity contribution in [2.75, 3.05) is 6.61 Å². The van der Waals surface area contributed by atoms with Crippen LogP contribution in [0, 0.1) is 6.92 Å². The molecule has 2 aromatic rings. The van der Waals surface area contributed by atoms with Crippen LogP contribution in [0.2, 0.25) is 0 Å². The van der Waals surface area contributed by atoms with E-state index in [1.54, 1.807) is 11.6 Å². The van der Waals surface area contributed by atoms with Gasteiger partial charge in [-0.05, 0) is 50.5 Å². The third kappa shape index (κ3) is 4.56. The molecule has 144 valence electrons. The highest BCUT2D eigenvalue weighted by molar-refractivity contribution is 5.88. The van der Waals surface area contributed by atoms with Gasteiger partial charge in [-0.2, -0.15) is 5.10 Å². The second-order valence-corrected chi connectivity index (χ2v) is 7.18. The Balaban J connectivity index is 1.68. The Kier molecular flexibility index (Phi) is 5.94. The minimum atomic E-state index is -0.884. The van der Waals surface area contributed by atoms with Gasteiger partial charge >= 0.3 is 5.97 Å². The van der Waals surface area contributed by atoms with Gasteiger partial charge in [0.15, 0.2) is 0 Å². The first-order valence-corrected chi connectivity index (χ1v) is 9.62. The number of carbonyl (C=O) groups is 2.